The molecule has 0 N–H and O–H groups in total. The van der Waals surface area contributed by atoms with Crippen molar-refractivity contribution < 1.29 is 14.0 Å². The van der Waals surface area contributed by atoms with Crippen LogP contribution in [0.2, 0.25) is 0 Å². The number of amides is 2. The molecular formula is C17H15FN2O2. The quantitative estimate of drug-likeness (QED) is 0.815. The van der Waals surface area contributed by atoms with Gasteiger partial charge in [0, 0.05) is 30.9 Å². The van der Waals surface area contributed by atoms with Crippen LogP contribution >= 0.6 is 0 Å². The van der Waals surface area contributed by atoms with E-state index in [1.165, 1.54) is 15.9 Å². The number of nitrogens with zero attached hydrogens (tertiary/aromatic N) is 2. The number of piperazine rings is 1. The predicted octanol–water partition coefficient (Wildman–Crippen LogP) is 2.20. The summed E-state index contributed by atoms with van der Waals surface area (Å²) in [5, 5.41) is 0. The topological polar surface area (TPSA) is 40.6 Å². The largest absolute Gasteiger partial charge is 0.328 e. The number of carbonyl (C=O) groups is 2. The summed E-state index contributed by atoms with van der Waals surface area (Å²) in [4.78, 5) is 27.3. The van der Waals surface area contributed by atoms with Crippen molar-refractivity contribution in [1.82, 2.24) is 4.90 Å². The summed E-state index contributed by atoms with van der Waals surface area (Å²) >= 11 is 0. The van der Waals surface area contributed by atoms with E-state index in [2.05, 4.69) is 0 Å². The van der Waals surface area contributed by atoms with Crippen LogP contribution in [0.25, 0.3) is 0 Å². The van der Waals surface area contributed by atoms with E-state index in [1.54, 1.807) is 30.3 Å². The minimum atomic E-state index is -0.599. The zero-order chi connectivity index (χ0) is 15.5. The van der Waals surface area contributed by atoms with Gasteiger partial charge >= 0.3 is 11.8 Å². The van der Waals surface area contributed by atoms with Crippen LogP contribution in [0.15, 0.2) is 54.6 Å². The average Bonchev–Trinajstić information content (AvgIpc) is 2.55. The van der Waals surface area contributed by atoms with Crippen LogP contribution in [0.4, 0.5) is 10.1 Å². The number of hydrogen-bond donors (Lipinski definition) is 0. The lowest BCUT2D eigenvalue weighted by Gasteiger charge is -2.33. The van der Waals surface area contributed by atoms with Crippen LogP contribution in [0.3, 0.4) is 0 Å². The van der Waals surface area contributed by atoms with E-state index in [0.29, 0.717) is 24.3 Å². The summed E-state index contributed by atoms with van der Waals surface area (Å²) in [5.41, 5.74) is 1.11. The summed E-state index contributed by atoms with van der Waals surface area (Å²) < 4.78 is 13.7. The molecule has 5 heteroatoms. The molecule has 0 bridgehead atoms. The van der Waals surface area contributed by atoms with Gasteiger partial charge in [0.2, 0.25) is 0 Å². The van der Waals surface area contributed by atoms with Gasteiger partial charge in [0.15, 0.2) is 0 Å². The zero-order valence-corrected chi connectivity index (χ0v) is 11.9. The van der Waals surface area contributed by atoms with Crippen molar-refractivity contribution in [3.05, 3.63) is 66.0 Å². The third kappa shape index (κ3) is 2.70. The van der Waals surface area contributed by atoms with Gasteiger partial charge in [-0.2, -0.15) is 0 Å². The second-order valence-corrected chi connectivity index (χ2v) is 5.11. The third-order valence-electron chi connectivity index (χ3n) is 3.70. The normalized spacial score (nSPS) is 15.3. The molecule has 2 aromatic carbocycles. The smallest absolute Gasteiger partial charge is 0.316 e. The standard InChI is InChI=1S/C17H15FN2O2/c18-15-9-5-4-6-13(15)12-19-10-11-20(17(22)16(19)21)14-7-2-1-3-8-14/h1-9H,10-12H2. The molecular weight excluding hydrogens is 283 g/mol. The Bertz CT molecular complexity index is 703. The highest BCUT2D eigenvalue weighted by Crippen LogP contribution is 2.19. The van der Waals surface area contributed by atoms with Gasteiger partial charge in [0.05, 0.1) is 0 Å². The summed E-state index contributed by atoms with van der Waals surface area (Å²) in [7, 11) is 0. The molecule has 2 amide bonds. The van der Waals surface area contributed by atoms with Crippen molar-refractivity contribution >= 4 is 17.5 Å². The second kappa shape index (κ2) is 5.97. The number of halogens is 1. The summed E-state index contributed by atoms with van der Waals surface area (Å²) in [6, 6.07) is 15.3. The van der Waals surface area contributed by atoms with Gasteiger partial charge < -0.3 is 9.80 Å². The second-order valence-electron chi connectivity index (χ2n) is 5.11. The fraction of sp³-hybridized carbons (Fsp3) is 0.176. The van der Waals surface area contributed by atoms with Gasteiger partial charge in [-0.25, -0.2) is 4.39 Å². The fourth-order valence-corrected chi connectivity index (χ4v) is 2.51. The first-order valence-electron chi connectivity index (χ1n) is 7.06. The van der Waals surface area contributed by atoms with Crippen LogP contribution in [0, 0.1) is 5.82 Å². The minimum Gasteiger partial charge on any atom is -0.328 e. The first kappa shape index (κ1) is 14.3. The lowest BCUT2D eigenvalue weighted by atomic mass is 10.1. The van der Waals surface area contributed by atoms with Gasteiger partial charge in [0.25, 0.3) is 0 Å². The SMILES string of the molecule is O=C1C(=O)N(c2ccccc2)CCN1Cc1ccccc1F. The third-order valence-corrected chi connectivity index (χ3v) is 3.70. The molecule has 2 aromatic rings. The highest BCUT2D eigenvalue weighted by molar-refractivity contribution is 6.40. The molecule has 0 radical (unpaired) electrons. The summed E-state index contributed by atoms with van der Waals surface area (Å²) in [6.07, 6.45) is 0. The predicted molar refractivity (Wildman–Crippen MR) is 80.6 cm³/mol. The number of rotatable bonds is 3. The zero-order valence-electron chi connectivity index (χ0n) is 11.9. The Morgan fingerprint density at radius 3 is 2.27 bits per heavy atom. The van der Waals surface area contributed by atoms with Crippen molar-refractivity contribution in [1.29, 1.82) is 0 Å². The molecule has 1 aliphatic rings. The van der Waals surface area contributed by atoms with Gasteiger partial charge in [-0.1, -0.05) is 36.4 Å². The van der Waals surface area contributed by atoms with E-state index in [-0.39, 0.29) is 12.4 Å². The lowest BCUT2D eigenvalue weighted by Crippen LogP contribution is -2.54. The van der Waals surface area contributed by atoms with E-state index in [9.17, 15) is 14.0 Å². The molecule has 3 rings (SSSR count). The number of carbonyl (C=O) groups excluding carboxylic acids is 2. The van der Waals surface area contributed by atoms with Crippen LogP contribution in [0.1, 0.15) is 5.56 Å². The van der Waals surface area contributed by atoms with Crippen LogP contribution in [0.5, 0.6) is 0 Å². The van der Waals surface area contributed by atoms with E-state index in [4.69, 9.17) is 0 Å². The Kier molecular flexibility index (Phi) is 3.87. The lowest BCUT2D eigenvalue weighted by molar-refractivity contribution is -0.146. The van der Waals surface area contributed by atoms with Gasteiger partial charge in [0.1, 0.15) is 5.82 Å². The van der Waals surface area contributed by atoms with Crippen molar-refractivity contribution in [2.75, 3.05) is 18.0 Å². The maximum Gasteiger partial charge on any atom is 0.316 e. The van der Waals surface area contributed by atoms with Gasteiger partial charge in [-0.3, -0.25) is 9.59 Å². The Morgan fingerprint density at radius 1 is 0.864 bits per heavy atom. The van der Waals surface area contributed by atoms with Gasteiger partial charge in [-0.15, -0.1) is 0 Å². The molecule has 0 atom stereocenters. The molecule has 0 aromatic heterocycles. The van der Waals surface area contributed by atoms with Crippen molar-refractivity contribution in [2.24, 2.45) is 0 Å². The van der Waals surface area contributed by atoms with E-state index >= 15 is 0 Å². The highest BCUT2D eigenvalue weighted by atomic mass is 19.1. The Balaban J connectivity index is 1.75. The van der Waals surface area contributed by atoms with Crippen molar-refractivity contribution in [3.8, 4) is 0 Å². The van der Waals surface area contributed by atoms with E-state index in [0.717, 1.165) is 0 Å². The number of anilines is 1. The molecule has 1 saturated heterocycles. The molecule has 0 aliphatic carbocycles. The number of para-hydroxylation sites is 1. The first-order chi connectivity index (χ1) is 10.7. The maximum atomic E-state index is 13.7. The molecule has 0 unspecified atom stereocenters. The fourth-order valence-electron chi connectivity index (χ4n) is 2.51. The van der Waals surface area contributed by atoms with Crippen LogP contribution < -0.4 is 4.90 Å². The average molecular weight is 298 g/mol. The number of hydrogen-bond acceptors (Lipinski definition) is 2. The summed E-state index contributed by atoms with van der Waals surface area (Å²) in [6.45, 7) is 0.900. The maximum absolute atomic E-state index is 13.7. The minimum absolute atomic E-state index is 0.111. The van der Waals surface area contributed by atoms with E-state index < -0.39 is 11.8 Å². The molecule has 112 valence electrons. The van der Waals surface area contributed by atoms with Crippen molar-refractivity contribution in [2.45, 2.75) is 6.54 Å². The molecule has 22 heavy (non-hydrogen) atoms. The number of benzene rings is 2. The van der Waals surface area contributed by atoms with Crippen LogP contribution in [-0.4, -0.2) is 29.8 Å². The molecule has 1 fully saturated rings. The first-order valence-corrected chi connectivity index (χ1v) is 7.06. The van der Waals surface area contributed by atoms with Crippen molar-refractivity contribution in [3.63, 3.8) is 0 Å². The van der Waals surface area contributed by atoms with Crippen LogP contribution in [-0.2, 0) is 16.1 Å². The molecule has 1 heterocycles. The highest BCUT2D eigenvalue weighted by Gasteiger charge is 2.33. The molecule has 1 aliphatic heterocycles. The molecule has 4 nitrogen and oxygen atoms in total. The Hall–Kier alpha value is -2.69. The summed E-state index contributed by atoms with van der Waals surface area (Å²) in [5.74, 6) is -1.54. The molecule has 0 spiro atoms. The van der Waals surface area contributed by atoms with E-state index in [1.807, 2.05) is 18.2 Å². The molecule has 0 saturated carbocycles. The Labute approximate surface area is 127 Å². The monoisotopic (exact) mass is 298 g/mol. The van der Waals surface area contributed by atoms with Gasteiger partial charge in [-0.05, 0) is 18.2 Å². The Morgan fingerprint density at radius 2 is 1.55 bits per heavy atom.